The van der Waals surface area contributed by atoms with Crippen LogP contribution in [-0.4, -0.2) is 29.5 Å². The topological polar surface area (TPSA) is 28.2 Å². The summed E-state index contributed by atoms with van der Waals surface area (Å²) in [5.41, 5.74) is 2.53. The highest BCUT2D eigenvalue weighted by Gasteiger charge is 2.29. The van der Waals surface area contributed by atoms with Crippen molar-refractivity contribution in [2.45, 2.75) is 52.1 Å². The van der Waals surface area contributed by atoms with Crippen LogP contribution in [0.3, 0.4) is 0 Å². The third kappa shape index (κ3) is 5.40. The van der Waals surface area contributed by atoms with Crippen LogP contribution < -0.4 is 5.32 Å². The lowest BCUT2D eigenvalue weighted by molar-refractivity contribution is 0.241. The summed E-state index contributed by atoms with van der Waals surface area (Å²) in [6.07, 6.45) is 8.99. The number of aromatic nitrogens is 1. The monoisotopic (exact) mass is 287 g/mol. The van der Waals surface area contributed by atoms with Gasteiger partial charge < -0.3 is 5.32 Å². The van der Waals surface area contributed by atoms with Gasteiger partial charge in [0.2, 0.25) is 0 Å². The zero-order valence-electron chi connectivity index (χ0n) is 13.4. The van der Waals surface area contributed by atoms with Crippen molar-refractivity contribution < 1.29 is 0 Å². The average Bonchev–Trinajstić information content (AvgIpc) is 3.38. The molecule has 2 aliphatic rings. The number of hydrogen-bond donors (Lipinski definition) is 1. The van der Waals surface area contributed by atoms with Gasteiger partial charge in [0.1, 0.15) is 0 Å². The van der Waals surface area contributed by atoms with Gasteiger partial charge >= 0.3 is 0 Å². The molecule has 2 saturated carbocycles. The molecular formula is C18H29N3. The van der Waals surface area contributed by atoms with Crippen LogP contribution in [0, 0.1) is 11.8 Å². The van der Waals surface area contributed by atoms with Crippen molar-refractivity contribution in [3.63, 3.8) is 0 Å². The Bertz CT molecular complexity index is 407. The van der Waals surface area contributed by atoms with Gasteiger partial charge in [0.05, 0.1) is 5.69 Å². The third-order valence-electron chi connectivity index (χ3n) is 4.45. The molecule has 1 aromatic heterocycles. The van der Waals surface area contributed by atoms with Crippen LogP contribution in [0.5, 0.6) is 0 Å². The first-order valence-electron chi connectivity index (χ1n) is 8.70. The van der Waals surface area contributed by atoms with E-state index in [2.05, 4.69) is 34.3 Å². The molecule has 1 aromatic rings. The lowest BCUT2D eigenvalue weighted by atomic mass is 10.2. The van der Waals surface area contributed by atoms with E-state index < -0.39 is 0 Å². The first-order chi connectivity index (χ1) is 10.3. The van der Waals surface area contributed by atoms with E-state index >= 15 is 0 Å². The molecule has 0 amide bonds. The molecular weight excluding hydrogens is 258 g/mol. The Morgan fingerprint density at radius 1 is 1.14 bits per heavy atom. The Labute approximate surface area is 129 Å². The van der Waals surface area contributed by atoms with Gasteiger partial charge in [0.25, 0.3) is 0 Å². The van der Waals surface area contributed by atoms with Crippen LogP contribution in [0.1, 0.15) is 50.3 Å². The molecule has 0 saturated heterocycles. The van der Waals surface area contributed by atoms with E-state index in [1.54, 1.807) is 0 Å². The molecule has 0 aromatic carbocycles. The van der Waals surface area contributed by atoms with Crippen LogP contribution in [0.4, 0.5) is 0 Å². The van der Waals surface area contributed by atoms with E-state index in [-0.39, 0.29) is 0 Å². The van der Waals surface area contributed by atoms with Gasteiger partial charge in [-0.1, -0.05) is 13.0 Å². The standard InChI is InChI=1S/C18H29N3/c1-2-9-19-10-17-7-8-18(20-11-17)14-21(12-15-3-4-15)13-16-5-6-16/h7-8,11,15-16,19H,2-6,9-10,12-14H2,1H3. The molecule has 0 bridgehead atoms. The molecule has 1 N–H and O–H groups in total. The summed E-state index contributed by atoms with van der Waals surface area (Å²) >= 11 is 0. The van der Waals surface area contributed by atoms with Crippen LogP contribution in [0.25, 0.3) is 0 Å². The van der Waals surface area contributed by atoms with Crippen molar-refractivity contribution in [1.29, 1.82) is 0 Å². The molecule has 0 spiro atoms. The molecule has 21 heavy (non-hydrogen) atoms. The zero-order valence-corrected chi connectivity index (χ0v) is 13.4. The molecule has 0 unspecified atom stereocenters. The fourth-order valence-corrected chi connectivity index (χ4v) is 2.83. The Balaban J connectivity index is 1.49. The Hall–Kier alpha value is -0.930. The average molecular weight is 287 g/mol. The SMILES string of the molecule is CCCNCc1ccc(CN(CC2CC2)CC2CC2)nc1. The van der Waals surface area contributed by atoms with Crippen LogP contribution in [0.15, 0.2) is 18.3 Å². The summed E-state index contributed by atoms with van der Waals surface area (Å²) in [7, 11) is 0. The third-order valence-corrected chi connectivity index (χ3v) is 4.45. The molecule has 1 heterocycles. The largest absolute Gasteiger partial charge is 0.313 e. The Morgan fingerprint density at radius 2 is 1.86 bits per heavy atom. The molecule has 3 heteroatoms. The highest BCUT2D eigenvalue weighted by Crippen LogP contribution is 2.34. The first-order valence-corrected chi connectivity index (χ1v) is 8.70. The van der Waals surface area contributed by atoms with Gasteiger partial charge in [-0.05, 0) is 62.1 Å². The maximum Gasteiger partial charge on any atom is 0.0544 e. The second kappa shape index (κ2) is 7.37. The molecule has 3 rings (SSSR count). The van der Waals surface area contributed by atoms with Crippen molar-refractivity contribution in [2.24, 2.45) is 11.8 Å². The van der Waals surface area contributed by atoms with Crippen LogP contribution in [0.2, 0.25) is 0 Å². The van der Waals surface area contributed by atoms with Gasteiger partial charge in [-0.2, -0.15) is 0 Å². The summed E-state index contributed by atoms with van der Waals surface area (Å²) in [6, 6.07) is 4.45. The van der Waals surface area contributed by atoms with Crippen molar-refractivity contribution in [2.75, 3.05) is 19.6 Å². The minimum atomic E-state index is 0.939. The van der Waals surface area contributed by atoms with E-state index in [0.29, 0.717) is 0 Å². The van der Waals surface area contributed by atoms with E-state index in [0.717, 1.165) is 31.5 Å². The minimum Gasteiger partial charge on any atom is -0.313 e. The highest BCUT2D eigenvalue weighted by atomic mass is 15.1. The van der Waals surface area contributed by atoms with E-state index in [1.165, 1.54) is 56.5 Å². The predicted octanol–water partition coefficient (Wildman–Crippen LogP) is 3.20. The predicted molar refractivity (Wildman–Crippen MR) is 87.0 cm³/mol. The van der Waals surface area contributed by atoms with Crippen molar-refractivity contribution in [3.8, 4) is 0 Å². The van der Waals surface area contributed by atoms with E-state index in [1.807, 2.05) is 6.20 Å². The molecule has 3 nitrogen and oxygen atoms in total. The summed E-state index contributed by atoms with van der Waals surface area (Å²) < 4.78 is 0. The Morgan fingerprint density at radius 3 is 2.38 bits per heavy atom. The smallest absolute Gasteiger partial charge is 0.0544 e. The molecule has 0 aliphatic heterocycles. The maximum absolute atomic E-state index is 4.67. The molecule has 0 radical (unpaired) electrons. The fraction of sp³-hybridized carbons (Fsp3) is 0.722. The van der Waals surface area contributed by atoms with Gasteiger partial charge in [-0.25, -0.2) is 0 Å². The summed E-state index contributed by atoms with van der Waals surface area (Å²) in [6.45, 7) is 7.83. The number of nitrogens with one attached hydrogen (secondary N) is 1. The second-order valence-corrected chi connectivity index (χ2v) is 6.92. The van der Waals surface area contributed by atoms with Gasteiger partial charge in [-0.3, -0.25) is 9.88 Å². The summed E-state index contributed by atoms with van der Waals surface area (Å²) in [5.74, 6) is 1.95. The lowest BCUT2D eigenvalue weighted by Gasteiger charge is -2.21. The maximum atomic E-state index is 4.67. The first kappa shape index (κ1) is 15.0. The van der Waals surface area contributed by atoms with Gasteiger partial charge in [-0.15, -0.1) is 0 Å². The van der Waals surface area contributed by atoms with Crippen LogP contribution in [-0.2, 0) is 13.1 Å². The lowest BCUT2D eigenvalue weighted by Crippen LogP contribution is -2.28. The van der Waals surface area contributed by atoms with E-state index in [4.69, 9.17) is 0 Å². The van der Waals surface area contributed by atoms with Crippen molar-refractivity contribution >= 4 is 0 Å². The second-order valence-electron chi connectivity index (χ2n) is 6.92. The summed E-state index contributed by atoms with van der Waals surface area (Å²) in [4.78, 5) is 7.32. The zero-order chi connectivity index (χ0) is 14.5. The number of nitrogens with zero attached hydrogens (tertiary/aromatic N) is 2. The van der Waals surface area contributed by atoms with Crippen LogP contribution >= 0.6 is 0 Å². The van der Waals surface area contributed by atoms with Crippen molar-refractivity contribution in [3.05, 3.63) is 29.6 Å². The quantitative estimate of drug-likeness (QED) is 0.670. The molecule has 2 fully saturated rings. The molecule has 2 aliphatic carbocycles. The number of hydrogen-bond acceptors (Lipinski definition) is 3. The molecule has 116 valence electrons. The molecule has 0 atom stereocenters. The normalized spacial score (nSPS) is 18.4. The summed E-state index contributed by atoms with van der Waals surface area (Å²) in [5, 5.41) is 3.43. The minimum absolute atomic E-state index is 0.939. The number of pyridine rings is 1. The van der Waals surface area contributed by atoms with Gasteiger partial charge in [0.15, 0.2) is 0 Å². The van der Waals surface area contributed by atoms with E-state index in [9.17, 15) is 0 Å². The fourth-order valence-electron chi connectivity index (χ4n) is 2.83. The van der Waals surface area contributed by atoms with Crippen molar-refractivity contribution in [1.82, 2.24) is 15.2 Å². The Kier molecular flexibility index (Phi) is 5.26. The van der Waals surface area contributed by atoms with Gasteiger partial charge in [0, 0.05) is 32.4 Å². The highest BCUT2D eigenvalue weighted by molar-refractivity contribution is 5.14. The number of rotatable bonds is 10.